The van der Waals surface area contributed by atoms with Crippen molar-refractivity contribution in [1.29, 1.82) is 0 Å². The highest BCUT2D eigenvalue weighted by Crippen LogP contribution is 2.42. The van der Waals surface area contributed by atoms with E-state index in [1.54, 1.807) is 0 Å². The smallest absolute Gasteiger partial charge is 0.131 e. The number of hydrogen-bond donors (Lipinski definition) is 1. The molecule has 0 aromatic heterocycles. The summed E-state index contributed by atoms with van der Waals surface area (Å²) in [5, 5.41) is 10.9. The average Bonchev–Trinajstić information content (AvgIpc) is 3.18. The minimum atomic E-state index is 0.357. The summed E-state index contributed by atoms with van der Waals surface area (Å²) in [5.74, 6) is 0.357. The predicted molar refractivity (Wildman–Crippen MR) is 100 cm³/mol. The van der Waals surface area contributed by atoms with Crippen molar-refractivity contribution >= 4 is 5.69 Å². The number of rotatable bonds is 3. The minimum absolute atomic E-state index is 0.357. The molecule has 3 aromatic carbocycles. The van der Waals surface area contributed by atoms with E-state index in [0.29, 0.717) is 5.75 Å². The van der Waals surface area contributed by atoms with Gasteiger partial charge in [0.05, 0.1) is 0 Å². The largest absolute Gasteiger partial charge is 0.507 e. The summed E-state index contributed by atoms with van der Waals surface area (Å²) in [6, 6.07) is 24.5. The lowest BCUT2D eigenvalue weighted by atomic mass is 9.96. The summed E-state index contributed by atoms with van der Waals surface area (Å²) in [5.41, 5.74) is 5.10. The van der Waals surface area contributed by atoms with Crippen LogP contribution in [0.15, 0.2) is 72.8 Å². The molecule has 0 unspecified atom stereocenters. The van der Waals surface area contributed by atoms with E-state index in [2.05, 4.69) is 41.3 Å². The number of aromatic hydroxyl groups is 1. The van der Waals surface area contributed by atoms with Gasteiger partial charge in [0.25, 0.3) is 0 Å². The number of hydrogen-bond acceptors (Lipinski definition) is 2. The van der Waals surface area contributed by atoms with Crippen molar-refractivity contribution in [3.05, 3.63) is 72.8 Å². The van der Waals surface area contributed by atoms with Crippen LogP contribution in [0.3, 0.4) is 0 Å². The first-order chi connectivity index (χ1) is 11.8. The van der Waals surface area contributed by atoms with E-state index in [1.807, 2.05) is 36.4 Å². The van der Waals surface area contributed by atoms with Gasteiger partial charge in [0, 0.05) is 29.9 Å². The maximum Gasteiger partial charge on any atom is 0.131 e. The van der Waals surface area contributed by atoms with Gasteiger partial charge in [-0.1, -0.05) is 60.7 Å². The second kappa shape index (κ2) is 6.40. The molecule has 4 rings (SSSR count). The van der Waals surface area contributed by atoms with Gasteiger partial charge in [-0.3, -0.25) is 0 Å². The van der Waals surface area contributed by atoms with Gasteiger partial charge < -0.3 is 10.0 Å². The second-order valence-electron chi connectivity index (χ2n) is 6.32. The van der Waals surface area contributed by atoms with E-state index in [0.717, 1.165) is 35.3 Å². The number of anilines is 1. The van der Waals surface area contributed by atoms with E-state index in [4.69, 9.17) is 0 Å². The van der Waals surface area contributed by atoms with Gasteiger partial charge in [0.15, 0.2) is 0 Å². The molecule has 0 atom stereocenters. The van der Waals surface area contributed by atoms with Crippen LogP contribution >= 0.6 is 0 Å². The number of phenols is 1. The molecular formula is C22H21NO. The zero-order valence-corrected chi connectivity index (χ0v) is 13.7. The molecular weight excluding hydrogens is 294 g/mol. The number of phenolic OH excluding ortho intramolecular Hbond substituents is 1. The predicted octanol–water partition coefficient (Wildman–Crippen LogP) is 5.33. The van der Waals surface area contributed by atoms with Gasteiger partial charge in [0.2, 0.25) is 0 Å². The van der Waals surface area contributed by atoms with Crippen molar-refractivity contribution in [3.63, 3.8) is 0 Å². The molecule has 1 aliphatic rings. The molecule has 24 heavy (non-hydrogen) atoms. The SMILES string of the molecule is Oc1c(-c2ccccc2)cc(N2CCCC2)cc1-c1ccccc1. The van der Waals surface area contributed by atoms with Crippen LogP contribution in [0, 0.1) is 0 Å². The van der Waals surface area contributed by atoms with Gasteiger partial charge in [-0.25, -0.2) is 0 Å². The quantitative estimate of drug-likeness (QED) is 0.706. The van der Waals surface area contributed by atoms with Gasteiger partial charge >= 0.3 is 0 Å². The zero-order valence-electron chi connectivity index (χ0n) is 13.7. The third-order valence-corrected chi connectivity index (χ3v) is 4.74. The van der Waals surface area contributed by atoms with Crippen molar-refractivity contribution in [2.24, 2.45) is 0 Å². The Kier molecular flexibility index (Phi) is 3.96. The van der Waals surface area contributed by atoms with Crippen molar-refractivity contribution in [2.45, 2.75) is 12.8 Å². The molecule has 2 heteroatoms. The van der Waals surface area contributed by atoms with Crippen LogP contribution in [0.1, 0.15) is 12.8 Å². The van der Waals surface area contributed by atoms with Crippen LogP contribution in [-0.4, -0.2) is 18.2 Å². The van der Waals surface area contributed by atoms with Crippen LogP contribution in [0.25, 0.3) is 22.3 Å². The van der Waals surface area contributed by atoms with Crippen molar-refractivity contribution in [2.75, 3.05) is 18.0 Å². The topological polar surface area (TPSA) is 23.5 Å². The van der Waals surface area contributed by atoms with E-state index < -0.39 is 0 Å². The third kappa shape index (κ3) is 2.76. The Morgan fingerprint density at radius 2 is 1.12 bits per heavy atom. The molecule has 1 aliphatic heterocycles. The lowest BCUT2D eigenvalue weighted by molar-refractivity contribution is 0.479. The molecule has 1 saturated heterocycles. The van der Waals surface area contributed by atoms with E-state index >= 15 is 0 Å². The van der Waals surface area contributed by atoms with Crippen molar-refractivity contribution in [3.8, 4) is 28.0 Å². The Labute approximate surface area is 143 Å². The molecule has 0 saturated carbocycles. The highest BCUT2D eigenvalue weighted by Gasteiger charge is 2.18. The summed E-state index contributed by atoms with van der Waals surface area (Å²) in [7, 11) is 0. The lowest BCUT2D eigenvalue weighted by Crippen LogP contribution is -2.17. The standard InChI is InChI=1S/C22H21NO/c24-22-20(17-9-3-1-4-10-17)15-19(23-13-7-8-14-23)16-21(22)18-11-5-2-6-12-18/h1-6,9-12,15-16,24H,7-8,13-14H2. The fourth-order valence-corrected chi connectivity index (χ4v) is 3.45. The molecule has 1 fully saturated rings. The van der Waals surface area contributed by atoms with E-state index in [1.165, 1.54) is 18.5 Å². The molecule has 3 aromatic rings. The molecule has 0 bridgehead atoms. The average molecular weight is 315 g/mol. The summed E-state index contributed by atoms with van der Waals surface area (Å²) in [6.45, 7) is 2.18. The van der Waals surface area contributed by atoms with Crippen LogP contribution < -0.4 is 4.90 Å². The first kappa shape index (κ1) is 14.8. The normalized spacial score (nSPS) is 14.1. The molecule has 1 N–H and O–H groups in total. The van der Waals surface area contributed by atoms with E-state index in [9.17, 15) is 5.11 Å². The Morgan fingerprint density at radius 3 is 1.58 bits per heavy atom. The van der Waals surface area contributed by atoms with Crippen molar-refractivity contribution < 1.29 is 5.11 Å². The molecule has 0 radical (unpaired) electrons. The molecule has 0 aliphatic carbocycles. The fraction of sp³-hybridized carbons (Fsp3) is 0.182. The van der Waals surface area contributed by atoms with Crippen LogP contribution in [0.2, 0.25) is 0 Å². The van der Waals surface area contributed by atoms with Crippen molar-refractivity contribution in [1.82, 2.24) is 0 Å². The Morgan fingerprint density at radius 1 is 0.667 bits per heavy atom. The third-order valence-electron chi connectivity index (χ3n) is 4.74. The van der Waals surface area contributed by atoms with Gasteiger partial charge in [-0.2, -0.15) is 0 Å². The molecule has 0 amide bonds. The summed E-state index contributed by atoms with van der Waals surface area (Å²) in [4.78, 5) is 2.42. The Hall–Kier alpha value is -2.74. The molecule has 120 valence electrons. The Bertz CT molecular complexity index is 761. The van der Waals surface area contributed by atoms with Crippen LogP contribution in [0.4, 0.5) is 5.69 Å². The summed E-state index contributed by atoms with van der Waals surface area (Å²) in [6.07, 6.45) is 2.48. The minimum Gasteiger partial charge on any atom is -0.507 e. The number of benzene rings is 3. The first-order valence-electron chi connectivity index (χ1n) is 8.56. The maximum absolute atomic E-state index is 10.9. The highest BCUT2D eigenvalue weighted by molar-refractivity contribution is 5.86. The maximum atomic E-state index is 10.9. The summed E-state index contributed by atoms with van der Waals surface area (Å²) < 4.78 is 0. The summed E-state index contributed by atoms with van der Waals surface area (Å²) >= 11 is 0. The van der Waals surface area contributed by atoms with Crippen LogP contribution in [0.5, 0.6) is 5.75 Å². The first-order valence-corrected chi connectivity index (χ1v) is 8.56. The zero-order chi connectivity index (χ0) is 16.4. The van der Waals surface area contributed by atoms with Gasteiger partial charge in [0.1, 0.15) is 5.75 Å². The van der Waals surface area contributed by atoms with Gasteiger partial charge in [-0.15, -0.1) is 0 Å². The van der Waals surface area contributed by atoms with Crippen LogP contribution in [-0.2, 0) is 0 Å². The Balaban J connectivity index is 1.91. The number of nitrogens with zero attached hydrogens (tertiary/aromatic N) is 1. The highest BCUT2D eigenvalue weighted by atomic mass is 16.3. The molecule has 2 nitrogen and oxygen atoms in total. The lowest BCUT2D eigenvalue weighted by Gasteiger charge is -2.21. The second-order valence-corrected chi connectivity index (χ2v) is 6.32. The van der Waals surface area contributed by atoms with E-state index in [-0.39, 0.29) is 0 Å². The van der Waals surface area contributed by atoms with Gasteiger partial charge in [-0.05, 0) is 36.1 Å². The molecule has 0 spiro atoms. The fourth-order valence-electron chi connectivity index (χ4n) is 3.45. The molecule has 1 heterocycles. The monoisotopic (exact) mass is 315 g/mol.